The highest BCUT2D eigenvalue weighted by Gasteiger charge is 2.09. The Balaban J connectivity index is 0.00000264. The van der Waals surface area contributed by atoms with Crippen molar-refractivity contribution < 1.29 is 9.53 Å². The van der Waals surface area contributed by atoms with Crippen LogP contribution in [0.4, 0.5) is 0 Å². The van der Waals surface area contributed by atoms with Crippen LogP contribution in [0.25, 0.3) is 0 Å². The number of hydrogen-bond donors (Lipinski definition) is 2. The third-order valence-corrected chi connectivity index (χ3v) is 3.91. The zero-order valence-electron chi connectivity index (χ0n) is 13.2. The Hall–Kier alpha value is -1.01. The highest BCUT2D eigenvalue weighted by molar-refractivity contribution is 6.32. The lowest BCUT2D eigenvalue weighted by Crippen LogP contribution is -2.46. The summed E-state index contributed by atoms with van der Waals surface area (Å²) in [5, 5.41) is 6.87. The lowest BCUT2D eigenvalue weighted by atomic mass is 10.3. The van der Waals surface area contributed by atoms with Crippen molar-refractivity contribution in [3.8, 4) is 5.75 Å². The number of carbonyl (C=O) groups excluding carboxylic acids is 1. The largest absolute Gasteiger partial charge is 0.492 e. The summed E-state index contributed by atoms with van der Waals surface area (Å²) in [6.45, 7) is 6.31. The van der Waals surface area contributed by atoms with Gasteiger partial charge in [0.1, 0.15) is 5.75 Å². The standard InChI is InChI=1S/C16H24ClN3O2.ClH/c17-14-4-1-2-5-15(14)22-13-3-6-16(21)19-9-12-20-10-7-18-8-11-20;/h1-2,4-5,18H,3,6-13H2,(H,19,21);1H. The highest BCUT2D eigenvalue weighted by Crippen LogP contribution is 2.23. The molecule has 1 aliphatic rings. The third-order valence-electron chi connectivity index (χ3n) is 3.60. The maximum atomic E-state index is 11.7. The quantitative estimate of drug-likeness (QED) is 0.694. The van der Waals surface area contributed by atoms with E-state index in [9.17, 15) is 4.79 Å². The molecule has 0 radical (unpaired) electrons. The minimum Gasteiger partial charge on any atom is -0.492 e. The summed E-state index contributed by atoms with van der Waals surface area (Å²) in [4.78, 5) is 14.1. The molecule has 0 spiro atoms. The summed E-state index contributed by atoms with van der Waals surface area (Å²) in [6, 6.07) is 7.36. The highest BCUT2D eigenvalue weighted by atomic mass is 35.5. The van der Waals surface area contributed by atoms with Crippen molar-refractivity contribution in [3.05, 3.63) is 29.3 Å². The van der Waals surface area contributed by atoms with Crippen molar-refractivity contribution in [2.45, 2.75) is 12.8 Å². The number of benzene rings is 1. The summed E-state index contributed by atoms with van der Waals surface area (Å²) < 4.78 is 5.56. The lowest BCUT2D eigenvalue weighted by molar-refractivity contribution is -0.121. The molecule has 2 rings (SSSR count). The predicted octanol–water partition coefficient (Wildman–Crippen LogP) is 1.94. The van der Waals surface area contributed by atoms with E-state index in [-0.39, 0.29) is 18.3 Å². The molecular weight excluding hydrogens is 337 g/mol. The van der Waals surface area contributed by atoms with Crippen molar-refractivity contribution in [2.24, 2.45) is 0 Å². The molecule has 1 aromatic carbocycles. The minimum atomic E-state index is 0. The SMILES string of the molecule is Cl.O=C(CCCOc1ccccc1Cl)NCCN1CCNCC1. The summed E-state index contributed by atoms with van der Waals surface area (Å²) in [6.07, 6.45) is 1.16. The minimum absolute atomic E-state index is 0. The first-order valence-corrected chi connectivity index (χ1v) is 8.20. The van der Waals surface area contributed by atoms with E-state index in [0.717, 1.165) is 32.7 Å². The van der Waals surface area contributed by atoms with E-state index in [1.807, 2.05) is 18.2 Å². The Kier molecular flexibility index (Phi) is 10.0. The van der Waals surface area contributed by atoms with E-state index in [1.165, 1.54) is 0 Å². The molecule has 23 heavy (non-hydrogen) atoms. The Morgan fingerprint density at radius 1 is 1.30 bits per heavy atom. The van der Waals surface area contributed by atoms with E-state index in [2.05, 4.69) is 15.5 Å². The number of rotatable bonds is 8. The molecule has 1 amide bonds. The molecule has 0 saturated carbocycles. The number of carbonyl (C=O) groups is 1. The first kappa shape index (κ1) is 20.0. The topological polar surface area (TPSA) is 53.6 Å². The number of nitrogens with one attached hydrogen (secondary N) is 2. The Morgan fingerprint density at radius 2 is 2.04 bits per heavy atom. The average Bonchev–Trinajstić information content (AvgIpc) is 2.54. The molecule has 0 atom stereocenters. The molecule has 1 fully saturated rings. The van der Waals surface area contributed by atoms with Crippen molar-refractivity contribution in [1.82, 2.24) is 15.5 Å². The van der Waals surface area contributed by atoms with E-state index < -0.39 is 0 Å². The Morgan fingerprint density at radius 3 is 2.78 bits per heavy atom. The van der Waals surface area contributed by atoms with Gasteiger partial charge in [0.2, 0.25) is 5.91 Å². The van der Waals surface area contributed by atoms with Gasteiger partial charge in [0, 0.05) is 45.7 Å². The van der Waals surface area contributed by atoms with Gasteiger partial charge in [0.05, 0.1) is 11.6 Å². The summed E-state index contributed by atoms with van der Waals surface area (Å²) in [5.41, 5.74) is 0. The molecule has 7 heteroatoms. The van der Waals surface area contributed by atoms with Crippen LogP contribution in [0.1, 0.15) is 12.8 Å². The number of ether oxygens (including phenoxy) is 1. The van der Waals surface area contributed by atoms with Gasteiger partial charge >= 0.3 is 0 Å². The smallest absolute Gasteiger partial charge is 0.220 e. The average molecular weight is 362 g/mol. The second kappa shape index (κ2) is 11.5. The molecule has 0 aromatic heterocycles. The van der Waals surface area contributed by atoms with E-state index in [1.54, 1.807) is 6.07 Å². The Bertz CT molecular complexity index is 468. The molecule has 5 nitrogen and oxygen atoms in total. The molecule has 0 bridgehead atoms. The van der Waals surface area contributed by atoms with Gasteiger partial charge < -0.3 is 15.4 Å². The summed E-state index contributed by atoms with van der Waals surface area (Å²) in [5.74, 6) is 0.751. The number of para-hydroxylation sites is 1. The van der Waals surface area contributed by atoms with E-state index >= 15 is 0 Å². The maximum Gasteiger partial charge on any atom is 0.220 e. The fraction of sp³-hybridized carbons (Fsp3) is 0.562. The molecular formula is C16H25Cl2N3O2. The number of nitrogens with zero attached hydrogens (tertiary/aromatic N) is 1. The van der Waals surface area contributed by atoms with Crippen molar-refractivity contribution in [3.63, 3.8) is 0 Å². The molecule has 2 N–H and O–H groups in total. The van der Waals surface area contributed by atoms with Gasteiger partial charge in [-0.2, -0.15) is 0 Å². The first-order valence-electron chi connectivity index (χ1n) is 7.83. The maximum absolute atomic E-state index is 11.7. The zero-order chi connectivity index (χ0) is 15.6. The second-order valence-corrected chi connectivity index (χ2v) is 5.73. The van der Waals surface area contributed by atoms with Gasteiger partial charge in [-0.1, -0.05) is 23.7 Å². The van der Waals surface area contributed by atoms with Crippen LogP contribution in [0.15, 0.2) is 24.3 Å². The molecule has 0 aliphatic carbocycles. The fourth-order valence-corrected chi connectivity index (χ4v) is 2.54. The zero-order valence-corrected chi connectivity index (χ0v) is 14.8. The van der Waals surface area contributed by atoms with E-state index in [0.29, 0.717) is 36.8 Å². The monoisotopic (exact) mass is 361 g/mol. The normalized spacial score (nSPS) is 14.8. The third kappa shape index (κ3) is 7.88. The van der Waals surface area contributed by atoms with Crippen LogP contribution in [-0.4, -0.2) is 56.7 Å². The van der Waals surface area contributed by atoms with Gasteiger partial charge in [-0.25, -0.2) is 0 Å². The summed E-state index contributed by atoms with van der Waals surface area (Å²) >= 11 is 5.99. The fourth-order valence-electron chi connectivity index (χ4n) is 2.35. The summed E-state index contributed by atoms with van der Waals surface area (Å²) in [7, 11) is 0. The molecule has 0 unspecified atom stereocenters. The van der Waals surface area contributed by atoms with Crippen molar-refractivity contribution >= 4 is 29.9 Å². The predicted molar refractivity (Wildman–Crippen MR) is 95.7 cm³/mol. The number of hydrogen-bond acceptors (Lipinski definition) is 4. The molecule has 1 heterocycles. The van der Waals surface area contributed by atoms with Crippen LogP contribution in [0.2, 0.25) is 5.02 Å². The van der Waals surface area contributed by atoms with Crippen LogP contribution in [0.5, 0.6) is 5.75 Å². The molecule has 1 saturated heterocycles. The van der Waals surface area contributed by atoms with Gasteiger partial charge in [0.15, 0.2) is 0 Å². The van der Waals surface area contributed by atoms with Crippen LogP contribution < -0.4 is 15.4 Å². The second-order valence-electron chi connectivity index (χ2n) is 5.32. The van der Waals surface area contributed by atoms with E-state index in [4.69, 9.17) is 16.3 Å². The van der Waals surface area contributed by atoms with Crippen LogP contribution in [0, 0.1) is 0 Å². The molecule has 1 aliphatic heterocycles. The van der Waals surface area contributed by atoms with Crippen molar-refractivity contribution in [1.29, 1.82) is 0 Å². The first-order chi connectivity index (χ1) is 10.8. The van der Waals surface area contributed by atoms with Crippen LogP contribution in [0.3, 0.4) is 0 Å². The molecule has 130 valence electrons. The van der Waals surface area contributed by atoms with Gasteiger partial charge in [-0.15, -0.1) is 12.4 Å². The van der Waals surface area contributed by atoms with Crippen LogP contribution >= 0.6 is 24.0 Å². The van der Waals surface area contributed by atoms with Gasteiger partial charge in [-0.05, 0) is 18.6 Å². The van der Waals surface area contributed by atoms with Crippen molar-refractivity contribution in [2.75, 3.05) is 45.9 Å². The lowest BCUT2D eigenvalue weighted by Gasteiger charge is -2.27. The van der Waals surface area contributed by atoms with Gasteiger partial charge in [0.25, 0.3) is 0 Å². The Labute approximate surface area is 149 Å². The molecule has 1 aromatic rings. The number of halogens is 2. The van der Waals surface area contributed by atoms with Crippen LogP contribution in [-0.2, 0) is 4.79 Å². The number of amides is 1. The number of piperazine rings is 1. The van der Waals surface area contributed by atoms with Gasteiger partial charge in [-0.3, -0.25) is 9.69 Å².